The zero-order chi connectivity index (χ0) is 18.1. The molecule has 0 aliphatic carbocycles. The summed E-state index contributed by atoms with van der Waals surface area (Å²) >= 11 is 0. The summed E-state index contributed by atoms with van der Waals surface area (Å²) in [5, 5.41) is 5.45. The van der Waals surface area contributed by atoms with Gasteiger partial charge in [0, 0.05) is 39.4 Å². The maximum Gasteiger partial charge on any atom is 0.318 e. The number of likely N-dealkylation sites (tertiary alicyclic amines) is 1. The molecule has 2 N–H and O–H groups in total. The van der Waals surface area contributed by atoms with E-state index < -0.39 is 6.04 Å². The van der Waals surface area contributed by atoms with Crippen LogP contribution >= 0.6 is 0 Å². The average molecular weight is 350 g/mol. The molecule has 0 bridgehead atoms. The van der Waals surface area contributed by atoms with Crippen LogP contribution in [0.2, 0.25) is 0 Å². The Morgan fingerprint density at radius 3 is 2.96 bits per heavy atom. The fourth-order valence-corrected chi connectivity index (χ4v) is 2.75. The number of amides is 3. The van der Waals surface area contributed by atoms with Crippen molar-refractivity contribution in [2.75, 3.05) is 33.4 Å². The van der Waals surface area contributed by atoms with E-state index in [1.807, 2.05) is 6.92 Å². The minimum absolute atomic E-state index is 0.193. The monoisotopic (exact) mass is 350 g/mol. The van der Waals surface area contributed by atoms with E-state index >= 15 is 0 Å². The van der Waals surface area contributed by atoms with Gasteiger partial charge in [0.1, 0.15) is 17.9 Å². The van der Waals surface area contributed by atoms with Crippen LogP contribution in [0.4, 0.5) is 4.79 Å². The lowest BCUT2D eigenvalue weighted by atomic mass is 10.2. The molecule has 25 heavy (non-hydrogen) atoms. The van der Waals surface area contributed by atoms with E-state index in [-0.39, 0.29) is 18.0 Å². The van der Waals surface area contributed by atoms with Gasteiger partial charge in [-0.3, -0.25) is 9.78 Å². The van der Waals surface area contributed by atoms with Gasteiger partial charge in [-0.2, -0.15) is 0 Å². The van der Waals surface area contributed by atoms with Crippen LogP contribution in [0.3, 0.4) is 0 Å². The van der Waals surface area contributed by atoms with Gasteiger partial charge in [-0.15, -0.1) is 0 Å². The summed E-state index contributed by atoms with van der Waals surface area (Å²) in [7, 11) is 1.57. The first-order valence-corrected chi connectivity index (χ1v) is 8.56. The van der Waals surface area contributed by atoms with Gasteiger partial charge < -0.3 is 25.0 Å². The number of nitrogens with zero attached hydrogens (tertiary/aromatic N) is 2. The molecule has 8 heteroatoms. The van der Waals surface area contributed by atoms with Crippen molar-refractivity contribution >= 4 is 11.9 Å². The number of hydrogen-bond donors (Lipinski definition) is 2. The predicted octanol–water partition coefficient (Wildman–Crippen LogP) is 0.785. The molecule has 1 aliphatic heterocycles. The summed E-state index contributed by atoms with van der Waals surface area (Å²) in [6, 6.07) is 2.78. The molecule has 2 heterocycles. The van der Waals surface area contributed by atoms with Crippen LogP contribution in [0.25, 0.3) is 0 Å². The van der Waals surface area contributed by atoms with E-state index in [9.17, 15) is 9.59 Å². The molecule has 0 saturated carbocycles. The quantitative estimate of drug-likeness (QED) is 0.676. The maximum atomic E-state index is 12.4. The summed E-state index contributed by atoms with van der Waals surface area (Å²) in [4.78, 5) is 30.1. The zero-order valence-corrected chi connectivity index (χ0v) is 14.7. The van der Waals surface area contributed by atoms with E-state index in [1.54, 1.807) is 31.6 Å². The minimum Gasteiger partial charge on any atom is -0.487 e. The van der Waals surface area contributed by atoms with Gasteiger partial charge in [0.15, 0.2) is 0 Å². The highest BCUT2D eigenvalue weighted by Crippen LogP contribution is 2.23. The molecule has 1 aromatic rings. The molecular formula is C17H26N4O4. The highest BCUT2D eigenvalue weighted by atomic mass is 16.5. The van der Waals surface area contributed by atoms with Crippen molar-refractivity contribution in [2.24, 2.45) is 0 Å². The standard InChI is InChI=1S/C17H26N4O4/c1-3-24-9-5-8-20-17(23)21-12-14(10-15(21)16(22)18-2)25-13-6-4-7-19-11-13/h4,6-7,11,14-15H,3,5,8-10,12H2,1-2H3,(H,18,22)(H,20,23)/t14-,15+/m0/s1. The third kappa shape index (κ3) is 5.60. The van der Waals surface area contributed by atoms with Crippen LogP contribution in [0.1, 0.15) is 19.8 Å². The van der Waals surface area contributed by atoms with Crippen molar-refractivity contribution in [3.8, 4) is 5.75 Å². The van der Waals surface area contributed by atoms with Crippen LogP contribution < -0.4 is 15.4 Å². The highest BCUT2D eigenvalue weighted by Gasteiger charge is 2.40. The van der Waals surface area contributed by atoms with Crippen LogP contribution in [0, 0.1) is 0 Å². The molecule has 8 nitrogen and oxygen atoms in total. The Morgan fingerprint density at radius 1 is 1.44 bits per heavy atom. The lowest BCUT2D eigenvalue weighted by Crippen LogP contribution is -2.49. The number of nitrogens with one attached hydrogen (secondary N) is 2. The highest BCUT2D eigenvalue weighted by molar-refractivity contribution is 5.87. The Hall–Kier alpha value is -2.35. The molecule has 0 unspecified atom stereocenters. The third-order valence-electron chi connectivity index (χ3n) is 3.96. The van der Waals surface area contributed by atoms with Gasteiger partial charge in [-0.05, 0) is 25.5 Å². The van der Waals surface area contributed by atoms with E-state index in [0.29, 0.717) is 38.5 Å². The van der Waals surface area contributed by atoms with E-state index in [4.69, 9.17) is 9.47 Å². The Labute approximate surface area is 147 Å². The zero-order valence-electron chi connectivity index (χ0n) is 14.7. The molecule has 0 spiro atoms. The summed E-state index contributed by atoms with van der Waals surface area (Å²) in [5.74, 6) is 0.434. The molecule has 138 valence electrons. The first-order valence-electron chi connectivity index (χ1n) is 8.56. The number of aromatic nitrogens is 1. The van der Waals surface area contributed by atoms with Crippen molar-refractivity contribution in [2.45, 2.75) is 31.9 Å². The van der Waals surface area contributed by atoms with Crippen LogP contribution in [-0.4, -0.2) is 67.3 Å². The molecule has 1 fully saturated rings. The number of carbonyl (C=O) groups is 2. The fraction of sp³-hybridized carbons (Fsp3) is 0.588. The summed E-state index contributed by atoms with van der Waals surface area (Å²) in [5.41, 5.74) is 0. The van der Waals surface area contributed by atoms with Gasteiger partial charge in [0.05, 0.1) is 12.7 Å². The van der Waals surface area contributed by atoms with Crippen molar-refractivity contribution in [3.63, 3.8) is 0 Å². The predicted molar refractivity (Wildman–Crippen MR) is 92.3 cm³/mol. The molecule has 3 amide bonds. The topological polar surface area (TPSA) is 92.8 Å². The van der Waals surface area contributed by atoms with Gasteiger partial charge in [0.2, 0.25) is 5.91 Å². The minimum atomic E-state index is -0.543. The molecular weight excluding hydrogens is 324 g/mol. The van der Waals surface area contributed by atoms with Crippen molar-refractivity contribution < 1.29 is 19.1 Å². The molecule has 0 radical (unpaired) electrons. The van der Waals surface area contributed by atoms with Crippen molar-refractivity contribution in [1.29, 1.82) is 0 Å². The van der Waals surface area contributed by atoms with Crippen LogP contribution in [0.15, 0.2) is 24.5 Å². The summed E-state index contributed by atoms with van der Waals surface area (Å²) < 4.78 is 11.1. The Bertz CT molecular complexity index is 555. The van der Waals surface area contributed by atoms with E-state index in [1.165, 1.54) is 4.90 Å². The molecule has 0 aromatic carbocycles. The molecule has 1 saturated heterocycles. The van der Waals surface area contributed by atoms with E-state index in [0.717, 1.165) is 6.42 Å². The first kappa shape index (κ1) is 19.0. The lowest BCUT2D eigenvalue weighted by molar-refractivity contribution is -0.124. The maximum absolute atomic E-state index is 12.4. The number of pyridine rings is 1. The number of rotatable bonds is 8. The second-order valence-electron chi connectivity index (χ2n) is 5.73. The van der Waals surface area contributed by atoms with Crippen LogP contribution in [0.5, 0.6) is 5.75 Å². The Morgan fingerprint density at radius 2 is 2.28 bits per heavy atom. The number of hydrogen-bond acceptors (Lipinski definition) is 5. The number of ether oxygens (including phenoxy) is 2. The second-order valence-corrected chi connectivity index (χ2v) is 5.73. The third-order valence-corrected chi connectivity index (χ3v) is 3.96. The van der Waals surface area contributed by atoms with Gasteiger partial charge >= 0.3 is 6.03 Å². The van der Waals surface area contributed by atoms with Crippen molar-refractivity contribution in [1.82, 2.24) is 20.5 Å². The lowest BCUT2D eigenvalue weighted by Gasteiger charge is -2.23. The Balaban J connectivity index is 1.91. The molecule has 2 atom stereocenters. The second kappa shape index (κ2) is 9.83. The number of likely N-dealkylation sites (N-methyl/N-ethyl adjacent to an activating group) is 1. The van der Waals surface area contributed by atoms with Crippen LogP contribution in [-0.2, 0) is 9.53 Å². The summed E-state index contributed by atoms with van der Waals surface area (Å²) in [6.07, 6.45) is 4.21. The normalized spacial score (nSPS) is 19.5. The SMILES string of the molecule is CCOCCCNC(=O)N1C[C@@H](Oc2cccnc2)C[C@@H]1C(=O)NC. The van der Waals surface area contributed by atoms with E-state index in [2.05, 4.69) is 15.6 Å². The first-order chi connectivity index (χ1) is 12.2. The fourth-order valence-electron chi connectivity index (χ4n) is 2.75. The molecule has 1 aromatic heterocycles. The average Bonchev–Trinajstić information content (AvgIpc) is 3.05. The Kier molecular flexibility index (Phi) is 7.46. The summed E-state index contributed by atoms with van der Waals surface area (Å²) in [6.45, 7) is 4.04. The van der Waals surface area contributed by atoms with Crippen molar-refractivity contribution in [3.05, 3.63) is 24.5 Å². The largest absolute Gasteiger partial charge is 0.487 e. The number of carbonyl (C=O) groups excluding carboxylic acids is 2. The van der Waals surface area contributed by atoms with Gasteiger partial charge in [-0.1, -0.05) is 0 Å². The van der Waals surface area contributed by atoms with Gasteiger partial charge in [0.25, 0.3) is 0 Å². The molecule has 1 aliphatic rings. The smallest absolute Gasteiger partial charge is 0.318 e. The van der Waals surface area contributed by atoms with Gasteiger partial charge in [-0.25, -0.2) is 4.79 Å². The molecule has 2 rings (SSSR count). The number of urea groups is 1.